The van der Waals surface area contributed by atoms with Crippen LogP contribution in [0.2, 0.25) is 0 Å². The Bertz CT molecular complexity index is 321. The third kappa shape index (κ3) is 4.20. The molecule has 0 aromatic heterocycles. The van der Waals surface area contributed by atoms with E-state index in [1.807, 2.05) is 6.92 Å². The molecule has 1 aliphatic rings. The third-order valence-corrected chi connectivity index (χ3v) is 4.24. The first-order valence-electron chi connectivity index (χ1n) is 5.31. The van der Waals surface area contributed by atoms with Crippen LogP contribution in [0.25, 0.3) is 0 Å². The predicted octanol–water partition coefficient (Wildman–Crippen LogP) is 0.471. The highest BCUT2D eigenvalue weighted by atomic mass is 32.2. The molecule has 1 saturated heterocycles. The number of halogens is 1. The van der Waals surface area contributed by atoms with Crippen molar-refractivity contribution < 1.29 is 12.8 Å². The van der Waals surface area contributed by atoms with Crippen LogP contribution in [0.1, 0.15) is 13.3 Å². The number of sulfonamides is 1. The van der Waals surface area contributed by atoms with Crippen LogP contribution in [0.3, 0.4) is 0 Å². The Morgan fingerprint density at radius 2 is 2.25 bits per heavy atom. The van der Waals surface area contributed by atoms with E-state index in [0.717, 1.165) is 6.26 Å². The van der Waals surface area contributed by atoms with Crippen LogP contribution in [-0.2, 0) is 10.0 Å². The SMILES string of the molecule is C[C@H](S)NCC1CCN(S(C)(=O)=O)CC1F. The molecule has 1 heterocycles. The highest BCUT2D eigenvalue weighted by molar-refractivity contribution is 7.88. The molecule has 1 rings (SSSR count). The van der Waals surface area contributed by atoms with Gasteiger partial charge in [-0.15, -0.1) is 0 Å². The van der Waals surface area contributed by atoms with Gasteiger partial charge in [0.2, 0.25) is 10.0 Å². The van der Waals surface area contributed by atoms with Crippen LogP contribution < -0.4 is 5.32 Å². The molecule has 0 radical (unpaired) electrons. The molecule has 0 aromatic rings. The van der Waals surface area contributed by atoms with Crippen LogP contribution in [-0.4, -0.2) is 50.2 Å². The first-order chi connectivity index (χ1) is 7.30. The monoisotopic (exact) mass is 270 g/mol. The Balaban J connectivity index is 2.46. The summed E-state index contributed by atoms with van der Waals surface area (Å²) in [5, 5.41) is 3.08. The molecule has 1 fully saturated rings. The average molecular weight is 270 g/mol. The van der Waals surface area contributed by atoms with E-state index in [1.54, 1.807) is 0 Å². The van der Waals surface area contributed by atoms with Crippen molar-refractivity contribution in [3.8, 4) is 0 Å². The molecule has 1 N–H and O–H groups in total. The molecular weight excluding hydrogens is 251 g/mol. The van der Waals surface area contributed by atoms with E-state index < -0.39 is 16.2 Å². The first kappa shape index (κ1) is 14.2. The van der Waals surface area contributed by atoms with Gasteiger partial charge in [-0.25, -0.2) is 12.8 Å². The molecule has 7 heteroatoms. The number of rotatable bonds is 4. The second kappa shape index (κ2) is 5.66. The lowest BCUT2D eigenvalue weighted by atomic mass is 9.96. The average Bonchev–Trinajstić information content (AvgIpc) is 2.14. The van der Waals surface area contributed by atoms with Gasteiger partial charge in [0, 0.05) is 30.9 Å². The topological polar surface area (TPSA) is 49.4 Å². The van der Waals surface area contributed by atoms with Crippen molar-refractivity contribution >= 4 is 22.7 Å². The predicted molar refractivity (Wildman–Crippen MR) is 65.9 cm³/mol. The molecule has 0 bridgehead atoms. The van der Waals surface area contributed by atoms with Gasteiger partial charge in [0.15, 0.2) is 0 Å². The van der Waals surface area contributed by atoms with Gasteiger partial charge in [-0.3, -0.25) is 0 Å². The summed E-state index contributed by atoms with van der Waals surface area (Å²) in [6.07, 6.45) is 0.582. The summed E-state index contributed by atoms with van der Waals surface area (Å²) in [4.78, 5) is 0. The minimum atomic E-state index is -3.26. The fourth-order valence-corrected chi connectivity index (χ4v) is 2.73. The molecule has 0 aromatic carbocycles. The van der Waals surface area contributed by atoms with Gasteiger partial charge >= 0.3 is 0 Å². The fourth-order valence-electron chi connectivity index (χ4n) is 1.78. The maximum absolute atomic E-state index is 13.7. The first-order valence-corrected chi connectivity index (χ1v) is 7.68. The maximum Gasteiger partial charge on any atom is 0.211 e. The minimum Gasteiger partial charge on any atom is -0.305 e. The molecule has 0 saturated carbocycles. The maximum atomic E-state index is 13.7. The van der Waals surface area contributed by atoms with E-state index in [4.69, 9.17) is 0 Å². The van der Waals surface area contributed by atoms with E-state index >= 15 is 0 Å². The molecule has 0 amide bonds. The van der Waals surface area contributed by atoms with Gasteiger partial charge in [0.25, 0.3) is 0 Å². The van der Waals surface area contributed by atoms with Gasteiger partial charge in [0.05, 0.1) is 6.26 Å². The summed E-state index contributed by atoms with van der Waals surface area (Å²) in [5.41, 5.74) is 0. The van der Waals surface area contributed by atoms with E-state index in [-0.39, 0.29) is 17.8 Å². The Morgan fingerprint density at radius 3 is 2.69 bits per heavy atom. The zero-order valence-electron chi connectivity index (χ0n) is 9.56. The number of piperidine rings is 1. The molecule has 4 nitrogen and oxygen atoms in total. The molecule has 2 unspecified atom stereocenters. The summed E-state index contributed by atoms with van der Waals surface area (Å²) in [6.45, 7) is 2.81. The fraction of sp³-hybridized carbons (Fsp3) is 1.00. The lowest BCUT2D eigenvalue weighted by molar-refractivity contribution is 0.131. The highest BCUT2D eigenvalue weighted by Gasteiger charge is 2.32. The molecule has 0 spiro atoms. The molecule has 16 heavy (non-hydrogen) atoms. The van der Waals surface area contributed by atoms with Crippen LogP contribution in [0.15, 0.2) is 0 Å². The van der Waals surface area contributed by atoms with Gasteiger partial charge in [-0.1, -0.05) is 0 Å². The quantitative estimate of drug-likeness (QED) is 0.577. The van der Waals surface area contributed by atoms with Crippen LogP contribution in [0.4, 0.5) is 4.39 Å². The van der Waals surface area contributed by atoms with E-state index in [0.29, 0.717) is 19.5 Å². The van der Waals surface area contributed by atoms with Crippen molar-refractivity contribution in [2.75, 3.05) is 25.9 Å². The van der Waals surface area contributed by atoms with E-state index in [9.17, 15) is 12.8 Å². The van der Waals surface area contributed by atoms with Crippen LogP contribution >= 0.6 is 12.6 Å². The second-order valence-corrected chi connectivity index (χ2v) is 7.03. The number of nitrogens with one attached hydrogen (secondary N) is 1. The number of hydrogen-bond acceptors (Lipinski definition) is 4. The summed E-state index contributed by atoms with van der Waals surface area (Å²) >= 11 is 4.15. The largest absolute Gasteiger partial charge is 0.305 e. The van der Waals surface area contributed by atoms with Crippen LogP contribution in [0, 0.1) is 5.92 Å². The van der Waals surface area contributed by atoms with Crippen molar-refractivity contribution in [1.82, 2.24) is 9.62 Å². The highest BCUT2D eigenvalue weighted by Crippen LogP contribution is 2.21. The molecular formula is C9H19FN2O2S2. The number of thiol groups is 1. The summed E-state index contributed by atoms with van der Waals surface area (Å²) < 4.78 is 37.4. The second-order valence-electron chi connectivity index (χ2n) is 4.27. The van der Waals surface area contributed by atoms with E-state index in [2.05, 4.69) is 17.9 Å². The van der Waals surface area contributed by atoms with E-state index in [1.165, 1.54) is 4.31 Å². The van der Waals surface area contributed by atoms with Gasteiger partial charge < -0.3 is 5.32 Å². The zero-order valence-corrected chi connectivity index (χ0v) is 11.3. The minimum absolute atomic E-state index is 0.0217. The van der Waals surface area contributed by atoms with Gasteiger partial charge in [-0.05, 0) is 13.3 Å². The Hall–Kier alpha value is 0.150. The van der Waals surface area contributed by atoms with Gasteiger partial charge in [-0.2, -0.15) is 16.9 Å². The van der Waals surface area contributed by atoms with Crippen LogP contribution in [0.5, 0.6) is 0 Å². The van der Waals surface area contributed by atoms with Crippen molar-refractivity contribution in [2.45, 2.75) is 24.9 Å². The Labute approximate surface area is 102 Å². The molecule has 96 valence electrons. The normalized spacial score (nSPS) is 30.2. The van der Waals surface area contributed by atoms with Crippen molar-refractivity contribution in [1.29, 1.82) is 0 Å². The van der Waals surface area contributed by atoms with Gasteiger partial charge in [0.1, 0.15) is 6.17 Å². The molecule has 3 atom stereocenters. The van der Waals surface area contributed by atoms with Crippen molar-refractivity contribution in [3.63, 3.8) is 0 Å². The number of hydrogen-bond donors (Lipinski definition) is 2. The number of nitrogens with zero attached hydrogens (tertiary/aromatic N) is 1. The van der Waals surface area contributed by atoms with Crippen molar-refractivity contribution in [2.24, 2.45) is 5.92 Å². The Kier molecular flexibility index (Phi) is 5.03. The molecule has 1 aliphatic heterocycles. The lowest BCUT2D eigenvalue weighted by Crippen LogP contribution is -2.47. The lowest BCUT2D eigenvalue weighted by Gasteiger charge is -2.33. The van der Waals surface area contributed by atoms with Crippen molar-refractivity contribution in [3.05, 3.63) is 0 Å². The smallest absolute Gasteiger partial charge is 0.211 e. The summed E-state index contributed by atoms with van der Waals surface area (Å²) in [7, 11) is -3.26. The summed E-state index contributed by atoms with van der Waals surface area (Å²) in [5.74, 6) is -0.118. The third-order valence-electron chi connectivity index (χ3n) is 2.78. The summed E-state index contributed by atoms with van der Waals surface area (Å²) in [6, 6.07) is 0. The zero-order chi connectivity index (χ0) is 12.3. The number of alkyl halides is 1. The molecule has 0 aliphatic carbocycles. The standard InChI is InChI=1S/C9H19FN2O2S2/c1-7(15)11-5-8-3-4-12(6-9(8)10)16(2,13)14/h7-9,11,15H,3-6H2,1-2H3/t7-,8?,9?/m0/s1. The Morgan fingerprint density at radius 1 is 1.62 bits per heavy atom.